The Morgan fingerprint density at radius 1 is 1.17 bits per heavy atom. The van der Waals surface area contributed by atoms with Gasteiger partial charge in [0.25, 0.3) is 0 Å². The van der Waals surface area contributed by atoms with Crippen molar-refractivity contribution in [3.8, 4) is 17.2 Å². The van der Waals surface area contributed by atoms with Crippen LogP contribution in [0.5, 0.6) is 17.2 Å². The topological polar surface area (TPSA) is 48.0 Å². The van der Waals surface area contributed by atoms with Gasteiger partial charge >= 0.3 is 0 Å². The number of carbonyl (C=O) groups excluding carboxylic acids is 1. The Morgan fingerprint density at radius 3 is 2.35 bits per heavy atom. The maximum atomic E-state index is 12.3. The van der Waals surface area contributed by atoms with Gasteiger partial charge in [0.2, 0.25) is 11.7 Å². The van der Waals surface area contributed by atoms with E-state index < -0.39 is 0 Å². The Bertz CT molecular complexity index is 524. The Kier molecular flexibility index (Phi) is 6.45. The molecule has 1 aliphatic rings. The highest BCUT2D eigenvalue weighted by Gasteiger charge is 2.30. The molecule has 0 N–H and O–H groups in total. The van der Waals surface area contributed by atoms with Gasteiger partial charge in [0.1, 0.15) is 5.37 Å². The van der Waals surface area contributed by atoms with Crippen molar-refractivity contribution in [2.24, 2.45) is 0 Å². The average Bonchev–Trinajstić information content (AvgIpc) is 2.59. The number of unbranched alkanes of at least 4 members (excludes halogenated alkanes) is 1. The lowest BCUT2D eigenvalue weighted by Crippen LogP contribution is -2.37. The van der Waals surface area contributed by atoms with E-state index in [2.05, 4.69) is 6.92 Å². The molecule has 5 nitrogen and oxygen atoms in total. The van der Waals surface area contributed by atoms with Crippen LogP contribution in [0.2, 0.25) is 0 Å². The van der Waals surface area contributed by atoms with Crippen LogP contribution in [0.3, 0.4) is 0 Å². The number of benzene rings is 1. The first kappa shape index (κ1) is 17.8. The summed E-state index contributed by atoms with van der Waals surface area (Å²) in [5.74, 6) is 2.87. The van der Waals surface area contributed by atoms with Crippen LogP contribution in [-0.4, -0.2) is 44.4 Å². The largest absolute Gasteiger partial charge is 0.493 e. The summed E-state index contributed by atoms with van der Waals surface area (Å²) >= 11 is 1.78. The Labute approximate surface area is 142 Å². The van der Waals surface area contributed by atoms with Crippen molar-refractivity contribution in [1.82, 2.24) is 4.90 Å². The van der Waals surface area contributed by atoms with E-state index in [9.17, 15) is 4.79 Å². The maximum absolute atomic E-state index is 12.3. The van der Waals surface area contributed by atoms with E-state index in [4.69, 9.17) is 14.2 Å². The molecule has 1 heterocycles. The van der Waals surface area contributed by atoms with Crippen molar-refractivity contribution >= 4 is 17.7 Å². The number of hydrogen-bond acceptors (Lipinski definition) is 5. The second-order valence-corrected chi connectivity index (χ2v) is 6.56. The third-order valence-electron chi connectivity index (χ3n) is 3.92. The van der Waals surface area contributed by atoms with Crippen LogP contribution in [0.15, 0.2) is 12.1 Å². The molecule has 23 heavy (non-hydrogen) atoms. The minimum absolute atomic E-state index is 0.00324. The minimum Gasteiger partial charge on any atom is -0.493 e. The third kappa shape index (κ3) is 3.86. The standard InChI is InChI=1S/C17H25NO4S/c1-5-6-8-18-15(19)7-9-23-17(18)12-10-13(20-2)16(22-4)14(11-12)21-3/h10-11,17H,5-9H2,1-4H3. The molecule has 1 atom stereocenters. The fourth-order valence-corrected chi connectivity index (χ4v) is 3.96. The Hall–Kier alpha value is -1.56. The first-order chi connectivity index (χ1) is 11.2. The van der Waals surface area contributed by atoms with Crippen LogP contribution in [-0.2, 0) is 4.79 Å². The highest BCUT2D eigenvalue weighted by Crippen LogP contribution is 2.45. The molecule has 0 saturated carbocycles. The average molecular weight is 339 g/mol. The predicted octanol–water partition coefficient (Wildman–Crippen LogP) is 3.48. The summed E-state index contributed by atoms with van der Waals surface area (Å²) in [6.45, 7) is 2.92. The Morgan fingerprint density at radius 2 is 1.83 bits per heavy atom. The van der Waals surface area contributed by atoms with Gasteiger partial charge in [-0.2, -0.15) is 0 Å². The third-order valence-corrected chi connectivity index (χ3v) is 5.20. The van der Waals surface area contributed by atoms with Crippen molar-refractivity contribution in [3.05, 3.63) is 17.7 Å². The van der Waals surface area contributed by atoms with Gasteiger partial charge in [0, 0.05) is 18.7 Å². The summed E-state index contributed by atoms with van der Waals surface area (Å²) in [6, 6.07) is 3.88. The predicted molar refractivity (Wildman–Crippen MR) is 92.5 cm³/mol. The van der Waals surface area contributed by atoms with Gasteiger partial charge in [-0.15, -0.1) is 11.8 Å². The van der Waals surface area contributed by atoms with Crippen molar-refractivity contribution in [1.29, 1.82) is 0 Å². The first-order valence-electron chi connectivity index (χ1n) is 7.87. The monoisotopic (exact) mass is 339 g/mol. The first-order valence-corrected chi connectivity index (χ1v) is 8.92. The van der Waals surface area contributed by atoms with Crippen LogP contribution in [0.25, 0.3) is 0 Å². The lowest BCUT2D eigenvalue weighted by atomic mass is 10.1. The van der Waals surface area contributed by atoms with Crippen LogP contribution >= 0.6 is 11.8 Å². The molecule has 0 spiro atoms. The molecule has 1 fully saturated rings. The number of ether oxygens (including phenoxy) is 3. The minimum atomic E-state index is -0.00324. The fourth-order valence-electron chi connectivity index (χ4n) is 2.71. The maximum Gasteiger partial charge on any atom is 0.224 e. The summed E-state index contributed by atoms with van der Waals surface area (Å²) < 4.78 is 16.2. The van der Waals surface area contributed by atoms with Crippen LogP contribution in [0.1, 0.15) is 37.1 Å². The Balaban J connectivity index is 2.39. The normalized spacial score (nSPS) is 18.0. The number of rotatable bonds is 7. The molecule has 1 aromatic carbocycles. The van der Waals surface area contributed by atoms with Crippen molar-refractivity contribution in [2.45, 2.75) is 31.6 Å². The van der Waals surface area contributed by atoms with Gasteiger partial charge in [-0.25, -0.2) is 0 Å². The zero-order chi connectivity index (χ0) is 16.8. The van der Waals surface area contributed by atoms with Gasteiger partial charge in [-0.3, -0.25) is 4.79 Å². The molecule has 0 radical (unpaired) electrons. The summed E-state index contributed by atoms with van der Waals surface area (Å²) in [6.07, 6.45) is 2.68. The van der Waals surface area contributed by atoms with E-state index in [0.29, 0.717) is 23.7 Å². The lowest BCUT2D eigenvalue weighted by Gasteiger charge is -2.35. The number of thioether (sulfide) groups is 1. The van der Waals surface area contributed by atoms with E-state index in [0.717, 1.165) is 30.7 Å². The van der Waals surface area contributed by atoms with Gasteiger partial charge < -0.3 is 19.1 Å². The smallest absolute Gasteiger partial charge is 0.224 e. The molecule has 6 heteroatoms. The second-order valence-electron chi connectivity index (χ2n) is 5.37. The molecule has 128 valence electrons. The molecule has 0 bridgehead atoms. The highest BCUT2D eigenvalue weighted by molar-refractivity contribution is 7.99. The van der Waals surface area contributed by atoms with Crippen molar-refractivity contribution < 1.29 is 19.0 Å². The van der Waals surface area contributed by atoms with Crippen molar-refractivity contribution in [2.75, 3.05) is 33.6 Å². The highest BCUT2D eigenvalue weighted by atomic mass is 32.2. The summed E-state index contributed by atoms with van der Waals surface area (Å²) in [7, 11) is 4.80. The van der Waals surface area contributed by atoms with Crippen LogP contribution in [0, 0.1) is 0 Å². The fraction of sp³-hybridized carbons (Fsp3) is 0.588. The molecule has 1 amide bonds. The van der Waals surface area contributed by atoms with E-state index in [1.165, 1.54) is 0 Å². The molecule has 1 saturated heterocycles. The van der Waals surface area contributed by atoms with E-state index in [1.54, 1.807) is 33.1 Å². The summed E-state index contributed by atoms with van der Waals surface area (Å²) in [4.78, 5) is 14.3. The van der Waals surface area contributed by atoms with Gasteiger partial charge in [0.05, 0.1) is 21.3 Å². The van der Waals surface area contributed by atoms with Gasteiger partial charge in [-0.1, -0.05) is 13.3 Å². The molecule has 1 aliphatic heterocycles. The number of methoxy groups -OCH3 is 3. The van der Waals surface area contributed by atoms with Crippen LogP contribution < -0.4 is 14.2 Å². The number of hydrogen-bond donors (Lipinski definition) is 0. The molecule has 2 rings (SSSR count). The SMILES string of the molecule is CCCCN1C(=O)CCSC1c1cc(OC)c(OC)c(OC)c1. The number of amides is 1. The molecule has 0 aromatic heterocycles. The second kappa shape index (κ2) is 8.34. The molecular formula is C17H25NO4S. The molecular weight excluding hydrogens is 314 g/mol. The van der Waals surface area contributed by atoms with E-state index >= 15 is 0 Å². The molecule has 1 aromatic rings. The zero-order valence-corrected chi connectivity index (χ0v) is 15.1. The molecule has 1 unspecified atom stereocenters. The van der Waals surface area contributed by atoms with Crippen molar-refractivity contribution in [3.63, 3.8) is 0 Å². The number of carbonyl (C=O) groups is 1. The lowest BCUT2D eigenvalue weighted by molar-refractivity contribution is -0.132. The van der Waals surface area contributed by atoms with E-state index in [-0.39, 0.29) is 11.3 Å². The van der Waals surface area contributed by atoms with Gasteiger partial charge in [-0.05, 0) is 24.1 Å². The van der Waals surface area contributed by atoms with E-state index in [1.807, 2.05) is 17.0 Å². The number of nitrogens with zero attached hydrogens (tertiary/aromatic N) is 1. The van der Waals surface area contributed by atoms with Crippen LogP contribution in [0.4, 0.5) is 0 Å². The zero-order valence-electron chi connectivity index (χ0n) is 14.3. The summed E-state index contributed by atoms with van der Waals surface area (Å²) in [5.41, 5.74) is 1.01. The quantitative estimate of drug-likeness (QED) is 0.761. The van der Waals surface area contributed by atoms with Gasteiger partial charge in [0.15, 0.2) is 11.5 Å². The summed E-state index contributed by atoms with van der Waals surface area (Å²) in [5, 5.41) is -0.00324. The molecule has 0 aliphatic carbocycles.